The minimum Gasteiger partial charge on any atom is -0.465 e. The number of amides is 1. The molecular weight excluding hydrogens is 467 g/mol. The zero-order valence-corrected chi connectivity index (χ0v) is 20.0. The van der Waals surface area contributed by atoms with Crippen LogP contribution < -0.4 is 10.6 Å². The van der Waals surface area contributed by atoms with Crippen LogP contribution in [0.3, 0.4) is 0 Å². The monoisotopic (exact) mass is 494 g/mol. The minimum atomic E-state index is -0.990. The summed E-state index contributed by atoms with van der Waals surface area (Å²) in [4.78, 5) is 22.0. The van der Waals surface area contributed by atoms with Crippen LogP contribution in [0.25, 0.3) is 16.9 Å². The predicted molar refractivity (Wildman–Crippen MR) is 130 cm³/mol. The van der Waals surface area contributed by atoms with E-state index in [1.807, 2.05) is 26.1 Å². The first-order valence-corrected chi connectivity index (χ1v) is 11.8. The van der Waals surface area contributed by atoms with Crippen molar-refractivity contribution in [3.05, 3.63) is 54.1 Å². The van der Waals surface area contributed by atoms with Crippen molar-refractivity contribution in [3.8, 4) is 11.4 Å². The number of likely N-dealkylation sites (tertiary alicyclic amines) is 1. The highest BCUT2D eigenvalue weighted by Gasteiger charge is 2.22. The Balaban J connectivity index is 1.38. The Bertz CT molecular complexity index is 1380. The Morgan fingerprint density at radius 3 is 2.81 bits per heavy atom. The van der Waals surface area contributed by atoms with Crippen LogP contribution in [0.1, 0.15) is 44.1 Å². The van der Waals surface area contributed by atoms with Crippen molar-refractivity contribution in [3.63, 3.8) is 0 Å². The smallest absolute Gasteiger partial charge is 0.404 e. The largest absolute Gasteiger partial charge is 0.465 e. The predicted octanol–water partition coefficient (Wildman–Crippen LogP) is 4.02. The van der Waals surface area contributed by atoms with Gasteiger partial charge in [0.2, 0.25) is 11.7 Å². The summed E-state index contributed by atoms with van der Waals surface area (Å²) in [5, 5.41) is 22.9. The summed E-state index contributed by atoms with van der Waals surface area (Å²) in [5.41, 5.74) is 2.58. The van der Waals surface area contributed by atoms with Crippen LogP contribution in [0.2, 0.25) is 0 Å². The maximum absolute atomic E-state index is 14.8. The van der Waals surface area contributed by atoms with Gasteiger partial charge in [-0.2, -0.15) is 10.1 Å². The van der Waals surface area contributed by atoms with Crippen molar-refractivity contribution in [1.29, 1.82) is 0 Å². The van der Waals surface area contributed by atoms with E-state index in [1.165, 1.54) is 12.4 Å². The number of piperidine rings is 1. The molecule has 5 rings (SSSR count). The lowest BCUT2D eigenvalue weighted by Crippen LogP contribution is -2.43. The summed E-state index contributed by atoms with van der Waals surface area (Å²) in [6.45, 7) is 6.08. The van der Waals surface area contributed by atoms with Crippen molar-refractivity contribution in [1.82, 2.24) is 35.0 Å². The fourth-order valence-electron chi connectivity index (χ4n) is 4.36. The van der Waals surface area contributed by atoms with Crippen molar-refractivity contribution in [2.45, 2.75) is 45.2 Å². The molecule has 0 bridgehead atoms. The molecule has 0 aliphatic carbocycles. The highest BCUT2D eigenvalue weighted by Crippen LogP contribution is 2.29. The van der Waals surface area contributed by atoms with E-state index in [4.69, 9.17) is 9.63 Å². The first-order valence-electron chi connectivity index (χ1n) is 11.8. The molecule has 1 fully saturated rings. The first kappa shape index (κ1) is 23.7. The number of anilines is 2. The summed E-state index contributed by atoms with van der Waals surface area (Å²) >= 11 is 0. The van der Waals surface area contributed by atoms with Crippen LogP contribution in [0.4, 0.5) is 20.7 Å². The summed E-state index contributed by atoms with van der Waals surface area (Å²) in [5.74, 6) is 1.02. The quantitative estimate of drug-likeness (QED) is 0.348. The van der Waals surface area contributed by atoms with E-state index in [0.29, 0.717) is 29.6 Å². The molecule has 188 valence electrons. The maximum Gasteiger partial charge on any atom is 0.404 e. The van der Waals surface area contributed by atoms with E-state index in [0.717, 1.165) is 37.0 Å². The molecule has 1 amide bonds. The Hall–Kier alpha value is -4.06. The van der Waals surface area contributed by atoms with Crippen LogP contribution in [0.15, 0.2) is 41.3 Å². The van der Waals surface area contributed by atoms with Gasteiger partial charge in [0.25, 0.3) is 0 Å². The molecule has 1 aromatic carbocycles. The van der Waals surface area contributed by atoms with Crippen molar-refractivity contribution in [2.75, 3.05) is 18.4 Å². The maximum atomic E-state index is 14.8. The zero-order valence-electron chi connectivity index (χ0n) is 20.0. The van der Waals surface area contributed by atoms with Gasteiger partial charge in [-0.1, -0.05) is 19.0 Å². The summed E-state index contributed by atoms with van der Waals surface area (Å²) in [7, 11) is 0. The molecule has 1 saturated heterocycles. The van der Waals surface area contributed by atoms with Crippen molar-refractivity contribution in [2.24, 2.45) is 0 Å². The number of rotatable bonds is 7. The minimum absolute atomic E-state index is 0.0313. The molecule has 1 aliphatic rings. The molecule has 12 heteroatoms. The van der Waals surface area contributed by atoms with Crippen molar-refractivity contribution >= 4 is 23.1 Å². The molecule has 0 radical (unpaired) electrons. The number of fused-ring (bicyclic) bond motifs is 1. The number of nitrogens with zero attached hydrogens (tertiary/aromatic N) is 6. The van der Waals surface area contributed by atoms with Gasteiger partial charge in [0.05, 0.1) is 5.69 Å². The van der Waals surface area contributed by atoms with E-state index < -0.39 is 11.9 Å². The molecule has 1 aliphatic heterocycles. The van der Waals surface area contributed by atoms with Crippen LogP contribution in [-0.2, 0) is 6.54 Å². The molecule has 0 atom stereocenters. The van der Waals surface area contributed by atoms with Gasteiger partial charge in [0, 0.05) is 43.4 Å². The van der Waals surface area contributed by atoms with Crippen LogP contribution in [-0.4, -0.2) is 60.0 Å². The zero-order chi connectivity index (χ0) is 25.2. The highest BCUT2D eigenvalue weighted by molar-refractivity contribution is 5.78. The number of nitrogens with one attached hydrogen (secondary N) is 2. The third kappa shape index (κ3) is 4.98. The van der Waals surface area contributed by atoms with E-state index in [2.05, 4.69) is 35.8 Å². The lowest BCUT2D eigenvalue weighted by atomic mass is 10.0. The Kier molecular flexibility index (Phi) is 6.51. The topological polar surface area (TPSA) is 134 Å². The molecule has 0 unspecified atom stereocenters. The van der Waals surface area contributed by atoms with Gasteiger partial charge in [-0.3, -0.25) is 4.90 Å². The van der Waals surface area contributed by atoms with Gasteiger partial charge < -0.3 is 20.3 Å². The van der Waals surface area contributed by atoms with Gasteiger partial charge in [0.1, 0.15) is 17.7 Å². The van der Waals surface area contributed by atoms with Crippen LogP contribution >= 0.6 is 0 Å². The number of hydrogen-bond donors (Lipinski definition) is 3. The van der Waals surface area contributed by atoms with E-state index in [9.17, 15) is 9.18 Å². The number of carbonyl (C=O) groups is 1. The van der Waals surface area contributed by atoms with Crippen LogP contribution in [0.5, 0.6) is 0 Å². The molecule has 4 aromatic rings. The molecule has 4 heterocycles. The van der Waals surface area contributed by atoms with E-state index in [1.54, 1.807) is 16.6 Å². The average Bonchev–Trinajstić information content (AvgIpc) is 3.50. The summed E-state index contributed by atoms with van der Waals surface area (Å²) < 4.78 is 21.8. The Morgan fingerprint density at radius 2 is 2.08 bits per heavy atom. The lowest BCUT2D eigenvalue weighted by molar-refractivity contribution is 0.165. The number of carboxylic acid groups (broad SMARTS) is 1. The van der Waals surface area contributed by atoms with Gasteiger partial charge >= 0.3 is 6.09 Å². The number of hydrogen-bond acceptors (Lipinski definition) is 8. The fourth-order valence-corrected chi connectivity index (χ4v) is 4.36. The Labute approximate surface area is 206 Å². The molecule has 3 aromatic heterocycles. The van der Waals surface area contributed by atoms with E-state index >= 15 is 0 Å². The van der Waals surface area contributed by atoms with Gasteiger partial charge in [-0.25, -0.2) is 18.7 Å². The van der Waals surface area contributed by atoms with Gasteiger partial charge in [-0.05, 0) is 42.7 Å². The molecule has 0 spiro atoms. The molecule has 3 N–H and O–H groups in total. The highest BCUT2D eigenvalue weighted by atomic mass is 19.1. The SMILES string of the molecule is CC(C)c1nc(-c2ccc(F)c(Nc3ncnn4ccc(CN5CCC(NC(=O)O)CC5)c34)c2)no1. The second-order valence-electron chi connectivity index (χ2n) is 9.17. The molecule has 11 nitrogen and oxygen atoms in total. The second-order valence-corrected chi connectivity index (χ2v) is 9.17. The fraction of sp³-hybridized carbons (Fsp3) is 0.375. The molecular formula is C24H27FN8O3. The molecule has 0 saturated carbocycles. The number of benzene rings is 1. The average molecular weight is 495 g/mol. The van der Waals surface area contributed by atoms with E-state index in [-0.39, 0.29) is 17.6 Å². The number of halogens is 1. The first-order chi connectivity index (χ1) is 17.4. The normalized spacial score (nSPS) is 15.0. The summed E-state index contributed by atoms with van der Waals surface area (Å²) in [6.07, 6.45) is 3.75. The van der Waals surface area contributed by atoms with Gasteiger partial charge in [-0.15, -0.1) is 0 Å². The standard InChI is InChI=1S/C24H27FN8O3/c1-14(2)23-30-21(31-36-23)15-3-4-18(25)19(11-15)29-22-20-16(5-10-33(20)27-13-26-22)12-32-8-6-17(7-9-32)28-24(34)35/h3-5,10-11,13-14,17,28H,6-9,12H2,1-2H3,(H,34,35)(H,26,27,29). The summed E-state index contributed by atoms with van der Waals surface area (Å²) in [6, 6.07) is 6.53. The van der Waals surface area contributed by atoms with Crippen molar-refractivity contribution < 1.29 is 18.8 Å². The van der Waals surface area contributed by atoms with Gasteiger partial charge in [0.15, 0.2) is 5.82 Å². The number of aromatic nitrogens is 5. The lowest BCUT2D eigenvalue weighted by Gasteiger charge is -2.31. The molecule has 36 heavy (non-hydrogen) atoms. The third-order valence-corrected chi connectivity index (χ3v) is 6.26. The third-order valence-electron chi connectivity index (χ3n) is 6.26. The Morgan fingerprint density at radius 1 is 1.28 bits per heavy atom. The van der Waals surface area contributed by atoms with Crippen LogP contribution in [0, 0.1) is 5.82 Å². The second kappa shape index (κ2) is 9.90.